The maximum absolute atomic E-state index is 5.09. The van der Waals surface area contributed by atoms with Crippen LogP contribution >= 0.6 is 0 Å². The predicted octanol–water partition coefficient (Wildman–Crippen LogP) is 35.9. The number of aryl methyl sites for hydroxylation is 12. The molecule has 0 radical (unpaired) electrons. The third-order valence-corrected chi connectivity index (χ3v) is 26.7. The summed E-state index contributed by atoms with van der Waals surface area (Å²) in [5.74, 6) is 6.19. The fourth-order valence-electron chi connectivity index (χ4n) is 18.8. The van der Waals surface area contributed by atoms with E-state index < -0.39 is 0 Å². The second kappa shape index (κ2) is 48.3. The van der Waals surface area contributed by atoms with Crippen LogP contribution in [0.3, 0.4) is 0 Å². The Morgan fingerprint density at radius 3 is 0.667 bits per heavy atom. The number of aromatic nitrogens is 9. The van der Waals surface area contributed by atoms with Crippen LogP contribution in [0.5, 0.6) is 0 Å². The van der Waals surface area contributed by atoms with E-state index >= 15 is 0 Å². The number of benzene rings is 13. The van der Waals surface area contributed by atoms with Crippen LogP contribution < -0.4 is 0 Å². The van der Waals surface area contributed by atoms with Gasteiger partial charge in [-0.1, -0.05) is 459 Å². The summed E-state index contributed by atoms with van der Waals surface area (Å²) in [5, 5.41) is 0. The van der Waals surface area contributed by atoms with Gasteiger partial charge >= 0.3 is 0 Å². The molecule has 13 aromatic carbocycles. The topological polar surface area (TPSA) is 116 Å². The Kier molecular flexibility index (Phi) is 35.3. The van der Waals surface area contributed by atoms with Gasteiger partial charge in [-0.3, -0.25) is 0 Å². The third kappa shape index (κ3) is 28.1. The summed E-state index contributed by atoms with van der Waals surface area (Å²) in [4.78, 5) is 45.0. The van der Waals surface area contributed by atoms with Gasteiger partial charge in [0.2, 0.25) is 0 Å². The predicted molar refractivity (Wildman–Crippen MR) is 586 cm³/mol. The summed E-state index contributed by atoms with van der Waals surface area (Å²) in [6.45, 7) is 39.6. The first kappa shape index (κ1) is 101. The normalized spacial score (nSPS) is 11.5. The molecule has 0 aliphatic heterocycles. The summed E-state index contributed by atoms with van der Waals surface area (Å²) in [7, 11) is 0. The van der Waals surface area contributed by atoms with Gasteiger partial charge in [-0.25, -0.2) is 44.9 Å². The molecule has 16 rings (SSSR count). The molecule has 0 saturated carbocycles. The molecular weight excluding hydrogens is 1680 g/mol. The Morgan fingerprint density at radius 1 is 0.174 bits per heavy atom. The molecule has 0 aliphatic rings. The lowest BCUT2D eigenvalue weighted by atomic mass is 9.85. The SMILES string of the molecule is CCCCCCCCCCCCc1ccc(-c2nc(-c3ccc(-c4c(C)cc(C)cc4C)cc3)nc(-c3ccc(-c4c(C)cc(C)cc4C)cc3)n2)cc1.CCCCCCCCCCCCc1ccc(-c2nc(-c3cccc(C)c3)nc(-c3cccc(C)c3)n2)cc1.Cc1ccc(-c2nc(-c3ccc(C)cc3)nc(-c3cc(-c4ccc(C(C)(C)C)cc4)cc(-c4ccc(C(C)(C)C)cc4)c3)n2)cc1. The van der Waals surface area contributed by atoms with E-state index in [1.165, 1.54) is 229 Å². The number of nitrogens with zero attached hydrogens (tertiary/aromatic N) is 9. The Balaban J connectivity index is 0.000000168. The van der Waals surface area contributed by atoms with Gasteiger partial charge in [0.15, 0.2) is 52.4 Å². The molecule has 0 atom stereocenters. The van der Waals surface area contributed by atoms with Crippen LogP contribution in [0, 0.1) is 69.2 Å². The summed E-state index contributed by atoms with van der Waals surface area (Å²) in [5.41, 5.74) is 36.6. The molecule has 3 aromatic heterocycles. The van der Waals surface area contributed by atoms with E-state index in [0.717, 1.165) is 91.0 Å². The quantitative estimate of drug-likeness (QED) is 0.0358. The van der Waals surface area contributed by atoms with Crippen LogP contribution in [0.2, 0.25) is 0 Å². The molecule has 138 heavy (non-hydrogen) atoms. The highest BCUT2D eigenvalue weighted by atomic mass is 15.1. The summed E-state index contributed by atoms with van der Waals surface area (Å²) < 4.78 is 0. The molecule has 3 heterocycles. The van der Waals surface area contributed by atoms with Crippen LogP contribution in [0.15, 0.2) is 285 Å². The number of unbranched alkanes of at least 4 members (excludes halogenated alkanes) is 18. The summed E-state index contributed by atoms with van der Waals surface area (Å²) in [6, 6.07) is 102. The van der Waals surface area contributed by atoms with Crippen LogP contribution in [0.4, 0.5) is 0 Å². The smallest absolute Gasteiger partial charge is 0.164 e. The first-order valence-corrected chi connectivity index (χ1v) is 51.2. The zero-order valence-corrected chi connectivity index (χ0v) is 85.7. The average molecular weight is 1820 g/mol. The van der Waals surface area contributed by atoms with E-state index in [1.54, 1.807) is 0 Å². The van der Waals surface area contributed by atoms with Crippen molar-refractivity contribution in [3.63, 3.8) is 0 Å². The largest absolute Gasteiger partial charge is 0.208 e. The lowest BCUT2D eigenvalue weighted by molar-refractivity contribution is 0.556. The molecule has 0 aliphatic carbocycles. The molecular formula is C129H145N9. The zero-order valence-electron chi connectivity index (χ0n) is 85.7. The van der Waals surface area contributed by atoms with Crippen molar-refractivity contribution in [2.75, 3.05) is 0 Å². The van der Waals surface area contributed by atoms with E-state index in [4.69, 9.17) is 44.9 Å². The van der Waals surface area contributed by atoms with Gasteiger partial charge in [0.1, 0.15) is 0 Å². The number of rotatable bonds is 35. The van der Waals surface area contributed by atoms with Crippen LogP contribution in [-0.4, -0.2) is 44.9 Å². The average Bonchev–Trinajstić information content (AvgIpc) is 0.776. The van der Waals surface area contributed by atoms with Crippen molar-refractivity contribution in [1.29, 1.82) is 0 Å². The zero-order chi connectivity index (χ0) is 97.2. The van der Waals surface area contributed by atoms with Crippen LogP contribution in [0.25, 0.3) is 147 Å². The van der Waals surface area contributed by atoms with E-state index in [0.29, 0.717) is 46.6 Å². The van der Waals surface area contributed by atoms with Crippen molar-refractivity contribution in [1.82, 2.24) is 44.9 Å². The fourth-order valence-corrected chi connectivity index (χ4v) is 18.8. The molecule has 16 aromatic rings. The molecule has 9 nitrogen and oxygen atoms in total. The van der Waals surface area contributed by atoms with Gasteiger partial charge in [-0.15, -0.1) is 0 Å². The highest BCUT2D eigenvalue weighted by Gasteiger charge is 2.22. The lowest BCUT2D eigenvalue weighted by Crippen LogP contribution is -2.10. The van der Waals surface area contributed by atoms with Crippen LogP contribution in [0.1, 0.15) is 262 Å². The second-order valence-corrected chi connectivity index (χ2v) is 40.8. The van der Waals surface area contributed by atoms with E-state index in [1.807, 2.05) is 0 Å². The Hall–Kier alpha value is -13.1. The molecule has 0 spiro atoms. The fraction of sp³-hybridized carbons (Fsp3) is 0.326. The van der Waals surface area contributed by atoms with Crippen molar-refractivity contribution in [2.45, 2.75) is 277 Å². The minimum absolute atomic E-state index is 0.0873. The Labute approximate surface area is 826 Å². The lowest BCUT2D eigenvalue weighted by Gasteiger charge is -2.20. The highest BCUT2D eigenvalue weighted by Crippen LogP contribution is 2.40. The second-order valence-electron chi connectivity index (χ2n) is 40.8. The van der Waals surface area contributed by atoms with Gasteiger partial charge in [0.05, 0.1) is 0 Å². The van der Waals surface area contributed by atoms with Gasteiger partial charge < -0.3 is 0 Å². The minimum atomic E-state index is 0.0873. The van der Waals surface area contributed by atoms with E-state index in [9.17, 15) is 0 Å². The van der Waals surface area contributed by atoms with Gasteiger partial charge in [0, 0.05) is 50.1 Å². The molecule has 0 saturated heterocycles. The highest BCUT2D eigenvalue weighted by molar-refractivity contribution is 5.82. The van der Waals surface area contributed by atoms with Crippen molar-refractivity contribution >= 4 is 0 Å². The third-order valence-electron chi connectivity index (χ3n) is 26.7. The first-order chi connectivity index (χ1) is 66.6. The summed E-state index contributed by atoms with van der Waals surface area (Å²) in [6.07, 6.45) is 29.5. The molecule has 0 bridgehead atoms. The minimum Gasteiger partial charge on any atom is -0.208 e. The number of hydrogen-bond donors (Lipinski definition) is 0. The summed E-state index contributed by atoms with van der Waals surface area (Å²) >= 11 is 0. The molecule has 0 N–H and O–H groups in total. The van der Waals surface area contributed by atoms with Crippen molar-refractivity contribution in [3.8, 4) is 147 Å². The molecule has 9 heteroatoms. The standard InChI is InChI=1S/C51H59N3.C43H43N3.C35H43N3/c1-8-9-10-11-12-13-14-15-16-17-18-41-19-21-44(22-20-41)49-52-50(45-27-23-42(24-28-45)47-37(4)31-35(2)32-38(47)5)54-51(53-49)46-29-25-43(26-30-46)48-39(6)33-36(3)34-40(48)7;1-28-9-13-32(14-10-28)39-44-40(33-15-11-29(2)12-16-33)46-41(45-39)36-26-34(30-17-21-37(22-18-30)42(3,4)5)25-35(27-36)31-19-23-38(24-20-31)43(6,7)8;1-4-5-6-7-8-9-10-11-12-13-18-29-21-23-30(24-22-29)33-36-34(31-19-14-16-27(2)25-31)38-35(37-33)32-20-15-17-28(3)26-32/h19-34H,8-18H2,1-7H3;9-27H,1-8H3;14-17,19-26H,4-13,18H2,1-3H3. The molecule has 0 unspecified atom stereocenters. The molecule has 0 amide bonds. The van der Waals surface area contributed by atoms with Crippen molar-refractivity contribution < 1.29 is 0 Å². The maximum atomic E-state index is 5.09. The molecule has 0 fully saturated rings. The van der Waals surface area contributed by atoms with Crippen molar-refractivity contribution in [3.05, 3.63) is 363 Å². The van der Waals surface area contributed by atoms with E-state index in [-0.39, 0.29) is 10.8 Å². The first-order valence-electron chi connectivity index (χ1n) is 51.2. The monoisotopic (exact) mass is 1820 g/mol. The number of hydrogen-bond acceptors (Lipinski definition) is 9. The van der Waals surface area contributed by atoms with E-state index in [2.05, 4.69) is 410 Å². The van der Waals surface area contributed by atoms with Gasteiger partial charge in [-0.2, -0.15) is 0 Å². The maximum Gasteiger partial charge on any atom is 0.164 e. The van der Waals surface area contributed by atoms with Gasteiger partial charge in [-0.05, 0) is 225 Å². The molecule has 706 valence electrons. The Morgan fingerprint density at radius 2 is 0.399 bits per heavy atom. The van der Waals surface area contributed by atoms with Crippen LogP contribution in [-0.2, 0) is 23.7 Å². The Bertz CT molecular complexity index is 6290. The van der Waals surface area contributed by atoms with Crippen molar-refractivity contribution in [2.24, 2.45) is 0 Å². The van der Waals surface area contributed by atoms with Gasteiger partial charge in [0.25, 0.3) is 0 Å².